The Kier molecular flexibility index (Phi) is 2.68. The Morgan fingerprint density at radius 2 is 2.36 bits per heavy atom. The van der Waals surface area contributed by atoms with Gasteiger partial charge in [-0.3, -0.25) is 4.99 Å². The van der Waals surface area contributed by atoms with Gasteiger partial charge in [0.25, 0.3) is 0 Å². The van der Waals surface area contributed by atoms with Crippen LogP contribution >= 0.6 is 11.8 Å². The second-order valence-corrected chi connectivity index (χ2v) is 5.44. The van der Waals surface area contributed by atoms with Crippen LogP contribution in [0.25, 0.3) is 0 Å². The summed E-state index contributed by atoms with van der Waals surface area (Å²) in [6, 6.07) is -0.0819. The van der Waals surface area contributed by atoms with Gasteiger partial charge in [-0.15, -0.1) is 0 Å². The van der Waals surface area contributed by atoms with Gasteiger partial charge in [-0.1, -0.05) is 18.7 Å². The van der Waals surface area contributed by atoms with Gasteiger partial charge in [-0.25, -0.2) is 8.78 Å². The molecule has 1 aliphatic heterocycles. The minimum Gasteiger partial charge on any atom is -0.362 e. The lowest BCUT2D eigenvalue weighted by atomic mass is 10.2. The number of hydrogen-bond donors (Lipinski definition) is 1. The number of nitrogens with zero attached hydrogens (tertiary/aromatic N) is 1. The Labute approximate surface area is 86.5 Å². The average molecular weight is 220 g/mol. The molecule has 0 spiro atoms. The number of thioether (sulfide) groups is 1. The van der Waals surface area contributed by atoms with Crippen LogP contribution in [0.5, 0.6) is 0 Å². The first-order valence-electron chi connectivity index (χ1n) is 4.91. The molecule has 2 rings (SSSR count). The summed E-state index contributed by atoms with van der Waals surface area (Å²) in [7, 11) is 0. The maximum absolute atomic E-state index is 12.9. The van der Waals surface area contributed by atoms with Crippen LogP contribution in [0, 0.1) is 0 Å². The smallest absolute Gasteiger partial charge is 0.250 e. The van der Waals surface area contributed by atoms with Crippen LogP contribution in [0.2, 0.25) is 0 Å². The first-order chi connectivity index (χ1) is 6.55. The van der Waals surface area contributed by atoms with Crippen LogP contribution in [0.4, 0.5) is 8.78 Å². The van der Waals surface area contributed by atoms with Gasteiger partial charge in [0.05, 0.1) is 6.54 Å². The van der Waals surface area contributed by atoms with Crippen LogP contribution in [0.3, 0.4) is 0 Å². The largest absolute Gasteiger partial charge is 0.362 e. The quantitative estimate of drug-likeness (QED) is 0.733. The predicted molar refractivity (Wildman–Crippen MR) is 55.1 cm³/mol. The van der Waals surface area contributed by atoms with Gasteiger partial charge in [0.15, 0.2) is 5.17 Å². The average Bonchev–Trinajstić information content (AvgIpc) is 2.59. The summed E-state index contributed by atoms with van der Waals surface area (Å²) in [5.74, 6) is -2.47. The van der Waals surface area contributed by atoms with Gasteiger partial charge in [0.1, 0.15) is 0 Å². The van der Waals surface area contributed by atoms with Gasteiger partial charge >= 0.3 is 0 Å². The molecule has 0 aromatic carbocycles. The highest BCUT2D eigenvalue weighted by Crippen LogP contribution is 2.35. The predicted octanol–water partition coefficient (Wildman–Crippen LogP) is 2.26. The summed E-state index contributed by atoms with van der Waals surface area (Å²) in [6.07, 6.45) is 0.528. The summed E-state index contributed by atoms with van der Waals surface area (Å²) in [6.45, 7) is 2.89. The van der Waals surface area contributed by atoms with E-state index in [9.17, 15) is 8.78 Å². The van der Waals surface area contributed by atoms with E-state index in [1.165, 1.54) is 0 Å². The molecule has 2 aliphatic rings. The number of amidine groups is 1. The molecule has 80 valence electrons. The number of hydrogen-bond acceptors (Lipinski definition) is 3. The van der Waals surface area contributed by atoms with Crippen molar-refractivity contribution in [2.24, 2.45) is 4.99 Å². The van der Waals surface area contributed by atoms with E-state index in [4.69, 9.17) is 0 Å². The molecule has 1 aliphatic carbocycles. The number of alkyl halides is 2. The molecule has 1 fully saturated rings. The zero-order chi connectivity index (χ0) is 10.2. The van der Waals surface area contributed by atoms with Crippen LogP contribution in [-0.2, 0) is 0 Å². The molecule has 14 heavy (non-hydrogen) atoms. The highest BCUT2D eigenvalue weighted by molar-refractivity contribution is 8.14. The zero-order valence-corrected chi connectivity index (χ0v) is 8.91. The van der Waals surface area contributed by atoms with Crippen molar-refractivity contribution >= 4 is 16.9 Å². The van der Waals surface area contributed by atoms with E-state index >= 15 is 0 Å². The molecule has 0 saturated heterocycles. The van der Waals surface area contributed by atoms with E-state index in [1.807, 2.05) is 0 Å². The highest BCUT2D eigenvalue weighted by Gasteiger charge is 2.40. The molecular weight excluding hydrogens is 206 g/mol. The van der Waals surface area contributed by atoms with Crippen molar-refractivity contribution < 1.29 is 8.78 Å². The molecule has 5 heteroatoms. The van der Waals surface area contributed by atoms with Crippen LogP contribution in [0.1, 0.15) is 26.2 Å². The summed E-state index contributed by atoms with van der Waals surface area (Å²) >= 11 is 1.65. The molecule has 0 amide bonds. The lowest BCUT2D eigenvalue weighted by molar-refractivity contribution is 0.00751. The lowest BCUT2D eigenvalue weighted by Crippen LogP contribution is -2.31. The van der Waals surface area contributed by atoms with Crippen LogP contribution < -0.4 is 5.32 Å². The van der Waals surface area contributed by atoms with E-state index in [1.54, 1.807) is 11.8 Å². The number of halogens is 2. The van der Waals surface area contributed by atoms with Crippen molar-refractivity contribution in [3.05, 3.63) is 0 Å². The second kappa shape index (κ2) is 3.68. The lowest BCUT2D eigenvalue weighted by Gasteiger charge is -2.13. The summed E-state index contributed by atoms with van der Waals surface area (Å²) in [5.41, 5.74) is 0. The fourth-order valence-electron chi connectivity index (χ4n) is 1.80. The highest BCUT2D eigenvalue weighted by atomic mass is 32.2. The van der Waals surface area contributed by atoms with E-state index in [0.717, 1.165) is 11.7 Å². The van der Waals surface area contributed by atoms with Gasteiger partial charge < -0.3 is 5.32 Å². The molecule has 1 saturated carbocycles. The summed E-state index contributed by atoms with van der Waals surface area (Å²) in [4.78, 5) is 4.25. The minimum atomic E-state index is -2.47. The Hall–Kier alpha value is -0.320. The molecule has 2 nitrogen and oxygen atoms in total. The maximum atomic E-state index is 12.9. The molecule has 2 atom stereocenters. The van der Waals surface area contributed by atoms with Gasteiger partial charge in [-0.2, -0.15) is 0 Å². The van der Waals surface area contributed by atoms with Crippen molar-refractivity contribution in [3.8, 4) is 0 Å². The number of rotatable bonds is 1. The Morgan fingerprint density at radius 1 is 1.57 bits per heavy atom. The second-order valence-electron chi connectivity index (χ2n) is 4.01. The summed E-state index contributed by atoms with van der Waals surface area (Å²) in [5, 5.41) is 4.43. The van der Waals surface area contributed by atoms with Crippen LogP contribution in [-0.4, -0.2) is 28.9 Å². The minimum absolute atomic E-state index is 0.0121. The van der Waals surface area contributed by atoms with Crippen molar-refractivity contribution in [2.75, 3.05) is 6.54 Å². The standard InChI is InChI=1S/C9H14F2N2S/c1-6-5-12-8(14-6)13-7-2-3-9(10,11)4-7/h6-7H,2-5H2,1H3,(H,12,13). The fraction of sp³-hybridized carbons (Fsp3) is 0.889. The fourth-order valence-corrected chi connectivity index (χ4v) is 2.72. The Balaban J connectivity index is 1.82. The van der Waals surface area contributed by atoms with Crippen molar-refractivity contribution in [1.82, 2.24) is 5.32 Å². The number of aliphatic imine (C=N–C) groups is 1. The van der Waals surface area contributed by atoms with Crippen molar-refractivity contribution in [2.45, 2.75) is 43.4 Å². The van der Waals surface area contributed by atoms with E-state index in [-0.39, 0.29) is 18.9 Å². The normalized spacial score (nSPS) is 35.8. The van der Waals surface area contributed by atoms with E-state index < -0.39 is 5.92 Å². The van der Waals surface area contributed by atoms with E-state index in [0.29, 0.717) is 11.7 Å². The molecule has 0 aromatic heterocycles. The maximum Gasteiger partial charge on any atom is 0.250 e. The third kappa shape index (κ3) is 2.38. The third-order valence-electron chi connectivity index (χ3n) is 2.54. The molecular formula is C9H14F2N2S. The Bertz CT molecular complexity index is 255. The first kappa shape index (κ1) is 10.2. The molecule has 0 bridgehead atoms. The monoisotopic (exact) mass is 220 g/mol. The molecule has 1 heterocycles. The molecule has 0 aromatic rings. The van der Waals surface area contributed by atoms with Gasteiger partial charge in [0, 0.05) is 24.1 Å². The topological polar surface area (TPSA) is 24.4 Å². The Morgan fingerprint density at radius 3 is 2.86 bits per heavy atom. The van der Waals surface area contributed by atoms with Crippen LogP contribution in [0.15, 0.2) is 4.99 Å². The molecule has 2 unspecified atom stereocenters. The van der Waals surface area contributed by atoms with Gasteiger partial charge in [-0.05, 0) is 6.42 Å². The van der Waals surface area contributed by atoms with Crippen molar-refractivity contribution in [3.63, 3.8) is 0 Å². The summed E-state index contributed by atoms with van der Waals surface area (Å²) < 4.78 is 25.7. The van der Waals surface area contributed by atoms with Gasteiger partial charge in [0.2, 0.25) is 5.92 Å². The number of nitrogens with one attached hydrogen (secondary N) is 1. The molecule has 0 radical (unpaired) electrons. The third-order valence-corrected chi connectivity index (χ3v) is 3.56. The first-order valence-corrected chi connectivity index (χ1v) is 5.79. The van der Waals surface area contributed by atoms with E-state index in [2.05, 4.69) is 17.2 Å². The SMILES string of the molecule is CC1CN=C(NC2CCC(F)(F)C2)S1. The van der Waals surface area contributed by atoms with Crippen molar-refractivity contribution in [1.29, 1.82) is 0 Å². The zero-order valence-electron chi connectivity index (χ0n) is 8.09. The molecule has 1 N–H and O–H groups in total.